The van der Waals surface area contributed by atoms with Crippen LogP contribution in [0.5, 0.6) is 0 Å². The zero-order chi connectivity index (χ0) is 13.6. The van der Waals surface area contributed by atoms with Crippen LogP contribution in [0.15, 0.2) is 0 Å². The van der Waals surface area contributed by atoms with E-state index in [0.717, 1.165) is 18.3 Å². The topological polar surface area (TPSA) is 20.2 Å². The van der Waals surface area contributed by atoms with Crippen molar-refractivity contribution in [3.8, 4) is 0 Å². The molecule has 0 aromatic carbocycles. The third-order valence-electron chi connectivity index (χ3n) is 6.22. The molecule has 1 heteroatoms. The van der Waals surface area contributed by atoms with Crippen molar-refractivity contribution in [3.63, 3.8) is 0 Å². The molecule has 2 aliphatic carbocycles. The van der Waals surface area contributed by atoms with E-state index in [-0.39, 0.29) is 5.60 Å². The maximum absolute atomic E-state index is 11.2. The molecule has 0 aromatic heterocycles. The van der Waals surface area contributed by atoms with Gasteiger partial charge in [-0.1, -0.05) is 41.0 Å². The summed E-state index contributed by atoms with van der Waals surface area (Å²) in [4.78, 5) is 0. The van der Waals surface area contributed by atoms with Crippen molar-refractivity contribution in [3.05, 3.63) is 0 Å². The Labute approximate surface area is 113 Å². The van der Waals surface area contributed by atoms with Crippen molar-refractivity contribution < 1.29 is 5.11 Å². The molecule has 1 N–H and O–H groups in total. The molecule has 0 saturated heterocycles. The Morgan fingerprint density at radius 2 is 1.61 bits per heavy atom. The molecule has 0 bridgehead atoms. The van der Waals surface area contributed by atoms with Crippen molar-refractivity contribution >= 4 is 0 Å². The van der Waals surface area contributed by atoms with E-state index in [1.165, 1.54) is 32.1 Å². The lowest BCUT2D eigenvalue weighted by atomic mass is 9.57. The summed E-state index contributed by atoms with van der Waals surface area (Å²) in [5.41, 5.74) is 0.0587. The Bertz CT molecular complexity index is 296. The largest absolute Gasteiger partial charge is 0.389 e. The molecule has 0 spiro atoms. The van der Waals surface area contributed by atoms with E-state index in [9.17, 15) is 5.11 Å². The maximum atomic E-state index is 11.2. The summed E-state index contributed by atoms with van der Waals surface area (Å²) in [5, 5.41) is 11.2. The summed E-state index contributed by atoms with van der Waals surface area (Å²) in [6, 6.07) is 0. The lowest BCUT2D eigenvalue weighted by molar-refractivity contribution is -0.128. The predicted molar refractivity (Wildman–Crippen MR) is 77.4 cm³/mol. The molecular formula is C17H32O. The monoisotopic (exact) mass is 252 g/mol. The van der Waals surface area contributed by atoms with Crippen LogP contribution in [0.2, 0.25) is 0 Å². The van der Waals surface area contributed by atoms with Gasteiger partial charge in [0.2, 0.25) is 0 Å². The first-order valence-corrected chi connectivity index (χ1v) is 7.97. The van der Waals surface area contributed by atoms with Gasteiger partial charge in [-0.15, -0.1) is 0 Å². The Hall–Kier alpha value is -0.0400. The smallest absolute Gasteiger partial charge is 0.0701 e. The van der Waals surface area contributed by atoms with Gasteiger partial charge in [-0.3, -0.25) is 0 Å². The second-order valence-electron chi connectivity index (χ2n) is 8.23. The molecule has 0 radical (unpaired) electrons. The molecule has 0 amide bonds. The van der Waals surface area contributed by atoms with E-state index < -0.39 is 0 Å². The van der Waals surface area contributed by atoms with Crippen LogP contribution in [-0.2, 0) is 0 Å². The highest BCUT2D eigenvalue weighted by atomic mass is 16.3. The first kappa shape index (κ1) is 14.4. The summed E-state index contributed by atoms with van der Waals surface area (Å²) in [5.74, 6) is 2.65. The normalized spacial score (nSPS) is 49.0. The minimum absolute atomic E-state index is 0.371. The molecule has 0 aliphatic heterocycles. The molecule has 0 heterocycles. The van der Waals surface area contributed by atoms with Gasteiger partial charge in [0.05, 0.1) is 5.60 Å². The zero-order valence-electron chi connectivity index (χ0n) is 13.0. The molecule has 18 heavy (non-hydrogen) atoms. The quantitative estimate of drug-likeness (QED) is 0.721. The lowest BCUT2D eigenvalue weighted by Crippen LogP contribution is -2.51. The van der Waals surface area contributed by atoms with Crippen molar-refractivity contribution in [2.75, 3.05) is 0 Å². The maximum Gasteiger partial charge on any atom is 0.0701 e. The van der Waals surface area contributed by atoms with Gasteiger partial charge in [0.1, 0.15) is 0 Å². The van der Waals surface area contributed by atoms with Crippen molar-refractivity contribution in [1.82, 2.24) is 0 Å². The molecule has 5 atom stereocenters. The molecular weight excluding hydrogens is 220 g/mol. The first-order valence-electron chi connectivity index (χ1n) is 7.97. The van der Waals surface area contributed by atoms with Crippen LogP contribution in [0.3, 0.4) is 0 Å². The molecule has 2 rings (SSSR count). The lowest BCUT2D eigenvalue weighted by Gasteiger charge is -2.51. The summed E-state index contributed by atoms with van der Waals surface area (Å²) < 4.78 is 0. The molecule has 0 aromatic rings. The van der Waals surface area contributed by atoms with E-state index in [0.29, 0.717) is 17.3 Å². The van der Waals surface area contributed by atoms with E-state index in [1.807, 2.05) is 0 Å². The van der Waals surface area contributed by atoms with Gasteiger partial charge in [0, 0.05) is 0 Å². The van der Waals surface area contributed by atoms with Crippen LogP contribution in [-0.4, -0.2) is 10.7 Å². The molecule has 2 saturated carbocycles. The molecule has 2 fully saturated rings. The summed E-state index contributed by atoms with van der Waals surface area (Å²) in [7, 11) is 0. The van der Waals surface area contributed by atoms with E-state index >= 15 is 0 Å². The van der Waals surface area contributed by atoms with Crippen LogP contribution in [0.4, 0.5) is 0 Å². The second kappa shape index (κ2) is 4.81. The average Bonchev–Trinajstić information content (AvgIpc) is 2.27. The van der Waals surface area contributed by atoms with Crippen molar-refractivity contribution in [2.24, 2.45) is 29.1 Å². The van der Waals surface area contributed by atoms with Crippen LogP contribution in [0.25, 0.3) is 0 Å². The van der Waals surface area contributed by atoms with Crippen LogP contribution >= 0.6 is 0 Å². The van der Waals surface area contributed by atoms with Gasteiger partial charge in [-0.2, -0.15) is 0 Å². The highest BCUT2D eigenvalue weighted by Gasteiger charge is 2.48. The average molecular weight is 252 g/mol. The number of hydrogen-bond acceptors (Lipinski definition) is 1. The Morgan fingerprint density at radius 3 is 2.17 bits per heavy atom. The highest BCUT2D eigenvalue weighted by Crippen LogP contribution is 2.51. The van der Waals surface area contributed by atoms with Gasteiger partial charge >= 0.3 is 0 Å². The second-order valence-corrected chi connectivity index (χ2v) is 8.23. The third-order valence-corrected chi connectivity index (χ3v) is 6.22. The predicted octanol–water partition coefficient (Wildman–Crippen LogP) is 4.64. The molecule has 2 aliphatic rings. The minimum atomic E-state index is -0.371. The molecule has 5 unspecified atom stereocenters. The molecule has 1 nitrogen and oxygen atoms in total. The summed E-state index contributed by atoms with van der Waals surface area (Å²) in [6.45, 7) is 11.7. The number of rotatable bonds is 1. The van der Waals surface area contributed by atoms with Crippen molar-refractivity contribution in [1.29, 1.82) is 0 Å². The Balaban J connectivity index is 2.07. The Kier molecular flexibility index (Phi) is 3.84. The fourth-order valence-corrected chi connectivity index (χ4v) is 4.50. The number of hydrogen-bond donors (Lipinski definition) is 1. The first-order chi connectivity index (χ1) is 8.24. The Morgan fingerprint density at radius 1 is 0.944 bits per heavy atom. The van der Waals surface area contributed by atoms with Gasteiger partial charge in [0.25, 0.3) is 0 Å². The highest BCUT2D eigenvalue weighted by molar-refractivity contribution is 4.99. The van der Waals surface area contributed by atoms with Gasteiger partial charge in [0.15, 0.2) is 0 Å². The van der Waals surface area contributed by atoms with E-state index in [2.05, 4.69) is 34.6 Å². The fraction of sp³-hybridized carbons (Fsp3) is 1.00. The summed E-state index contributed by atoms with van der Waals surface area (Å²) >= 11 is 0. The summed E-state index contributed by atoms with van der Waals surface area (Å²) in [6.07, 6.45) is 7.19. The van der Waals surface area contributed by atoms with Gasteiger partial charge in [-0.05, 0) is 61.2 Å². The SMILES string of the molecule is CC1CCC(C2(O)CCC(C)(C)CC2C)CC1C. The van der Waals surface area contributed by atoms with Crippen LogP contribution < -0.4 is 0 Å². The zero-order valence-corrected chi connectivity index (χ0v) is 13.0. The molecule has 106 valence electrons. The van der Waals surface area contributed by atoms with Crippen molar-refractivity contribution in [2.45, 2.75) is 78.7 Å². The van der Waals surface area contributed by atoms with Crippen LogP contribution in [0.1, 0.15) is 73.1 Å². The standard InChI is InChI=1S/C17H32O/c1-12-6-7-15(10-13(12)2)17(18)9-8-16(4,5)11-14(17)3/h12-15,18H,6-11H2,1-5H3. The minimum Gasteiger partial charge on any atom is -0.389 e. The van der Waals surface area contributed by atoms with E-state index in [4.69, 9.17) is 0 Å². The van der Waals surface area contributed by atoms with Crippen LogP contribution in [0, 0.1) is 29.1 Å². The number of aliphatic hydroxyl groups is 1. The third kappa shape index (κ3) is 2.61. The van der Waals surface area contributed by atoms with Gasteiger partial charge < -0.3 is 5.11 Å². The van der Waals surface area contributed by atoms with E-state index in [1.54, 1.807) is 0 Å². The van der Waals surface area contributed by atoms with Gasteiger partial charge in [-0.25, -0.2) is 0 Å². The fourth-order valence-electron chi connectivity index (χ4n) is 4.50.